The fraction of sp³-hybridized carbons (Fsp3) is 0.462. The quantitative estimate of drug-likeness (QED) is 0.727. The average Bonchev–Trinajstić information content (AvgIpc) is 2.82. The summed E-state index contributed by atoms with van der Waals surface area (Å²) in [5, 5.41) is 10.4. The normalized spacial score (nSPS) is 11.3. The minimum atomic E-state index is -3.43. The van der Waals surface area contributed by atoms with E-state index in [-0.39, 0.29) is 18.3 Å². The molecule has 0 aliphatic rings. The molecule has 24 heavy (non-hydrogen) atoms. The molecule has 0 atom stereocenters. The number of amides is 1. The third kappa shape index (κ3) is 4.98. The first-order valence-corrected chi connectivity index (χ1v) is 8.98. The highest BCUT2D eigenvalue weighted by molar-refractivity contribution is 7.92. The van der Waals surface area contributed by atoms with Crippen LogP contribution in [0.5, 0.6) is 0 Å². The van der Waals surface area contributed by atoms with E-state index in [1.807, 2.05) is 20.8 Å². The van der Waals surface area contributed by atoms with E-state index in [4.69, 9.17) is 0 Å². The molecule has 11 heteroatoms. The van der Waals surface area contributed by atoms with Gasteiger partial charge in [0.2, 0.25) is 15.9 Å². The van der Waals surface area contributed by atoms with Crippen molar-refractivity contribution in [1.82, 2.24) is 30.3 Å². The Morgan fingerprint density at radius 2 is 1.83 bits per heavy atom. The fourth-order valence-electron chi connectivity index (χ4n) is 2.14. The van der Waals surface area contributed by atoms with Crippen molar-refractivity contribution in [2.24, 2.45) is 0 Å². The van der Waals surface area contributed by atoms with Crippen LogP contribution in [0.15, 0.2) is 6.20 Å². The van der Waals surface area contributed by atoms with Gasteiger partial charge < -0.3 is 5.32 Å². The van der Waals surface area contributed by atoms with Gasteiger partial charge in [0, 0.05) is 23.5 Å². The molecule has 2 rings (SSSR count). The third-order valence-electron chi connectivity index (χ3n) is 3.11. The first kappa shape index (κ1) is 17.8. The summed E-state index contributed by atoms with van der Waals surface area (Å²) in [6.45, 7) is 5.71. The maximum Gasteiger partial charge on any atom is 0.243 e. The molecule has 2 aromatic rings. The second-order valence-corrected chi connectivity index (χ2v) is 7.08. The van der Waals surface area contributed by atoms with E-state index in [0.29, 0.717) is 12.4 Å². The lowest BCUT2D eigenvalue weighted by Gasteiger charge is -2.10. The van der Waals surface area contributed by atoms with Crippen LogP contribution in [0.25, 0.3) is 0 Å². The van der Waals surface area contributed by atoms with Gasteiger partial charge in [0.15, 0.2) is 5.82 Å². The molecule has 0 aliphatic carbocycles. The number of carbonyl (C=O) groups is 1. The van der Waals surface area contributed by atoms with E-state index >= 15 is 0 Å². The Hall–Kier alpha value is -2.56. The summed E-state index contributed by atoms with van der Waals surface area (Å²) in [7, 11) is -3.43. The van der Waals surface area contributed by atoms with Gasteiger partial charge in [-0.3, -0.25) is 9.52 Å². The standard InChI is InChI=1S/C13H19N7O3S/c1-8-11(9(2)17-10(3)16-8)5-14-13(21)7-20-15-6-12(18-20)19-24(4,22)23/h6H,5,7H2,1-4H3,(H,14,21)(H,18,19). The van der Waals surface area contributed by atoms with Gasteiger partial charge in [-0.25, -0.2) is 18.4 Å². The van der Waals surface area contributed by atoms with Crippen molar-refractivity contribution in [2.75, 3.05) is 11.0 Å². The first-order valence-electron chi connectivity index (χ1n) is 7.09. The van der Waals surface area contributed by atoms with Crippen LogP contribution >= 0.6 is 0 Å². The van der Waals surface area contributed by atoms with Crippen molar-refractivity contribution in [3.05, 3.63) is 29.0 Å². The van der Waals surface area contributed by atoms with Crippen LogP contribution in [0.3, 0.4) is 0 Å². The first-order chi connectivity index (χ1) is 11.1. The molecule has 0 bridgehead atoms. The average molecular weight is 353 g/mol. The Balaban J connectivity index is 1.95. The molecule has 0 saturated carbocycles. The van der Waals surface area contributed by atoms with Crippen molar-refractivity contribution in [1.29, 1.82) is 0 Å². The molecule has 0 saturated heterocycles. The summed E-state index contributed by atoms with van der Waals surface area (Å²) < 4.78 is 24.4. The zero-order chi connectivity index (χ0) is 17.9. The number of aromatic nitrogens is 5. The highest BCUT2D eigenvalue weighted by Crippen LogP contribution is 2.09. The van der Waals surface area contributed by atoms with Gasteiger partial charge in [-0.2, -0.15) is 9.90 Å². The number of anilines is 1. The minimum absolute atomic E-state index is 0.0592. The molecule has 0 aliphatic heterocycles. The molecular weight excluding hydrogens is 334 g/mol. The van der Waals surface area contributed by atoms with Crippen molar-refractivity contribution < 1.29 is 13.2 Å². The number of carbonyl (C=O) groups excluding carboxylic acids is 1. The van der Waals surface area contributed by atoms with Crippen LogP contribution < -0.4 is 10.0 Å². The van der Waals surface area contributed by atoms with Gasteiger partial charge in [-0.15, -0.1) is 5.10 Å². The topological polar surface area (TPSA) is 132 Å². The molecule has 0 unspecified atom stereocenters. The lowest BCUT2D eigenvalue weighted by molar-refractivity contribution is -0.122. The monoisotopic (exact) mass is 353 g/mol. The number of hydrogen-bond acceptors (Lipinski definition) is 7. The summed E-state index contributed by atoms with van der Waals surface area (Å²) >= 11 is 0. The Kier molecular flexibility index (Phi) is 5.12. The maximum atomic E-state index is 12.0. The second kappa shape index (κ2) is 6.91. The van der Waals surface area contributed by atoms with Crippen molar-refractivity contribution in [2.45, 2.75) is 33.9 Å². The van der Waals surface area contributed by atoms with E-state index in [2.05, 4.69) is 30.2 Å². The minimum Gasteiger partial charge on any atom is -0.350 e. The molecule has 0 aromatic carbocycles. The van der Waals surface area contributed by atoms with Gasteiger partial charge in [0.25, 0.3) is 0 Å². The zero-order valence-corrected chi connectivity index (χ0v) is 14.7. The number of aryl methyl sites for hydroxylation is 3. The van der Waals surface area contributed by atoms with Crippen molar-refractivity contribution in [3.63, 3.8) is 0 Å². The molecular formula is C13H19N7O3S. The van der Waals surface area contributed by atoms with Gasteiger partial charge in [-0.1, -0.05) is 0 Å². The maximum absolute atomic E-state index is 12.0. The number of nitrogens with zero attached hydrogens (tertiary/aromatic N) is 5. The Morgan fingerprint density at radius 3 is 2.42 bits per heavy atom. The van der Waals surface area contributed by atoms with Crippen molar-refractivity contribution in [3.8, 4) is 0 Å². The molecule has 0 radical (unpaired) electrons. The van der Waals surface area contributed by atoms with Crippen LogP contribution in [0, 0.1) is 20.8 Å². The molecule has 2 N–H and O–H groups in total. The van der Waals surface area contributed by atoms with Crippen LogP contribution in [0.2, 0.25) is 0 Å². The van der Waals surface area contributed by atoms with E-state index in [9.17, 15) is 13.2 Å². The lowest BCUT2D eigenvalue weighted by atomic mass is 10.1. The van der Waals surface area contributed by atoms with Crippen LogP contribution in [0.1, 0.15) is 22.8 Å². The van der Waals surface area contributed by atoms with E-state index in [1.54, 1.807) is 0 Å². The molecule has 2 aromatic heterocycles. The predicted molar refractivity (Wildman–Crippen MR) is 86.6 cm³/mol. The molecule has 130 valence electrons. The molecule has 2 heterocycles. The Morgan fingerprint density at radius 1 is 1.21 bits per heavy atom. The molecule has 0 spiro atoms. The largest absolute Gasteiger partial charge is 0.350 e. The Labute approximate surface area is 139 Å². The second-order valence-electron chi connectivity index (χ2n) is 5.33. The van der Waals surface area contributed by atoms with Crippen LogP contribution in [-0.4, -0.2) is 45.5 Å². The SMILES string of the molecule is Cc1nc(C)c(CNC(=O)Cn2ncc(NS(C)(=O)=O)n2)c(C)n1. The third-order valence-corrected chi connectivity index (χ3v) is 3.69. The number of hydrogen-bond donors (Lipinski definition) is 2. The van der Waals surface area contributed by atoms with E-state index in [0.717, 1.165) is 28.0 Å². The summed E-state index contributed by atoms with van der Waals surface area (Å²) in [5.41, 5.74) is 2.50. The van der Waals surface area contributed by atoms with Gasteiger partial charge >= 0.3 is 0 Å². The lowest BCUT2D eigenvalue weighted by Crippen LogP contribution is -2.29. The summed E-state index contributed by atoms with van der Waals surface area (Å²) in [6, 6.07) is 0. The Bertz CT molecular complexity index is 837. The zero-order valence-electron chi connectivity index (χ0n) is 13.9. The summed E-state index contributed by atoms with van der Waals surface area (Å²) in [4.78, 5) is 21.6. The van der Waals surface area contributed by atoms with E-state index < -0.39 is 10.0 Å². The highest BCUT2D eigenvalue weighted by Gasteiger charge is 2.11. The fourth-order valence-corrected chi connectivity index (χ4v) is 2.62. The number of nitrogens with one attached hydrogen (secondary N) is 2. The molecule has 1 amide bonds. The predicted octanol–water partition coefficient (Wildman–Crippen LogP) is -0.319. The molecule has 0 fully saturated rings. The molecule has 10 nitrogen and oxygen atoms in total. The van der Waals surface area contributed by atoms with Crippen LogP contribution in [0.4, 0.5) is 5.82 Å². The summed E-state index contributed by atoms with van der Waals surface area (Å²) in [5.74, 6) is 0.437. The smallest absolute Gasteiger partial charge is 0.243 e. The van der Waals surface area contributed by atoms with Crippen LogP contribution in [-0.2, 0) is 27.9 Å². The highest BCUT2D eigenvalue weighted by atomic mass is 32.2. The van der Waals surface area contributed by atoms with Gasteiger partial charge in [0.05, 0.1) is 12.5 Å². The summed E-state index contributed by atoms with van der Waals surface area (Å²) in [6.07, 6.45) is 2.24. The number of rotatable bonds is 6. The van der Waals surface area contributed by atoms with Crippen molar-refractivity contribution >= 4 is 21.7 Å². The van der Waals surface area contributed by atoms with Gasteiger partial charge in [0.1, 0.15) is 12.4 Å². The number of sulfonamides is 1. The van der Waals surface area contributed by atoms with E-state index in [1.165, 1.54) is 6.20 Å². The van der Waals surface area contributed by atoms with Gasteiger partial charge in [-0.05, 0) is 20.8 Å².